The van der Waals surface area contributed by atoms with Gasteiger partial charge in [0, 0.05) is 11.5 Å². The average molecular weight is 359 g/mol. The average Bonchev–Trinajstić information content (AvgIpc) is 2.76. The maximum Gasteiger partial charge on any atom is 0.333 e. The lowest BCUT2D eigenvalue weighted by Gasteiger charge is -2.40. The highest BCUT2D eigenvalue weighted by molar-refractivity contribution is 6.74. The highest BCUT2D eigenvalue weighted by Crippen LogP contribution is 2.40. The van der Waals surface area contributed by atoms with E-state index in [2.05, 4.69) is 52.1 Å². The van der Waals surface area contributed by atoms with E-state index in [1.807, 2.05) is 30.4 Å². The molecule has 0 aromatic heterocycles. The molecule has 0 amide bonds. The van der Waals surface area contributed by atoms with Crippen LogP contribution >= 0.6 is 0 Å². The normalized spacial score (nSPS) is 21.4. The van der Waals surface area contributed by atoms with Gasteiger partial charge in [-0.05, 0) is 30.1 Å². The number of ether oxygens (including phenoxy) is 1. The van der Waals surface area contributed by atoms with Gasteiger partial charge in [-0.1, -0.05) is 69.3 Å². The summed E-state index contributed by atoms with van der Waals surface area (Å²) in [5.41, 5.74) is 1.84. The Labute approximate surface area is 152 Å². The van der Waals surface area contributed by atoms with Crippen LogP contribution in [0.15, 0.2) is 54.1 Å². The number of carbonyl (C=O) groups excluding carboxylic acids is 1. The van der Waals surface area contributed by atoms with Crippen LogP contribution in [0.2, 0.25) is 18.1 Å². The first kappa shape index (κ1) is 19.7. The van der Waals surface area contributed by atoms with Crippen molar-refractivity contribution in [3.05, 3.63) is 59.7 Å². The maximum absolute atomic E-state index is 12.1. The molecule has 0 spiro atoms. The van der Waals surface area contributed by atoms with E-state index in [-0.39, 0.29) is 23.0 Å². The zero-order valence-corrected chi connectivity index (χ0v) is 17.2. The van der Waals surface area contributed by atoms with Crippen molar-refractivity contribution in [2.75, 3.05) is 7.11 Å². The van der Waals surface area contributed by atoms with Crippen LogP contribution in [0.3, 0.4) is 0 Å². The monoisotopic (exact) mass is 358 g/mol. The first-order chi connectivity index (χ1) is 11.7. The van der Waals surface area contributed by atoms with Crippen LogP contribution in [-0.4, -0.2) is 27.5 Å². The Hall–Kier alpha value is -1.65. The summed E-state index contributed by atoms with van der Waals surface area (Å²) >= 11 is 0. The van der Waals surface area contributed by atoms with E-state index in [9.17, 15) is 4.79 Å². The van der Waals surface area contributed by atoms with Crippen LogP contribution in [0.25, 0.3) is 0 Å². The lowest BCUT2D eigenvalue weighted by atomic mass is 9.92. The molecule has 3 nitrogen and oxygen atoms in total. The molecule has 0 N–H and O–H groups in total. The van der Waals surface area contributed by atoms with E-state index in [1.54, 1.807) is 0 Å². The van der Waals surface area contributed by atoms with Crippen molar-refractivity contribution < 1.29 is 14.0 Å². The molecular formula is C21H30O3Si. The second-order valence-corrected chi connectivity index (χ2v) is 12.9. The molecule has 0 aliphatic heterocycles. The molecule has 1 aromatic rings. The second kappa shape index (κ2) is 7.71. The molecule has 0 saturated carbocycles. The van der Waals surface area contributed by atoms with Crippen molar-refractivity contribution in [1.82, 2.24) is 0 Å². The second-order valence-electron chi connectivity index (χ2n) is 8.10. The van der Waals surface area contributed by atoms with Gasteiger partial charge >= 0.3 is 5.97 Å². The van der Waals surface area contributed by atoms with Gasteiger partial charge in [-0.3, -0.25) is 0 Å². The van der Waals surface area contributed by atoms with E-state index < -0.39 is 8.32 Å². The molecule has 25 heavy (non-hydrogen) atoms. The third-order valence-electron chi connectivity index (χ3n) is 5.27. The molecule has 0 heterocycles. The summed E-state index contributed by atoms with van der Waals surface area (Å²) in [5.74, 6) is -0.262. The molecule has 0 bridgehead atoms. The van der Waals surface area contributed by atoms with E-state index >= 15 is 0 Å². The summed E-state index contributed by atoms with van der Waals surface area (Å²) in [5, 5.41) is 0.128. The molecular weight excluding hydrogens is 328 g/mol. The van der Waals surface area contributed by atoms with E-state index in [0.717, 1.165) is 5.56 Å². The smallest absolute Gasteiger partial charge is 0.333 e. The van der Waals surface area contributed by atoms with E-state index in [0.29, 0.717) is 12.0 Å². The Bertz CT molecular complexity index is 653. The molecule has 2 unspecified atom stereocenters. The fourth-order valence-corrected chi connectivity index (χ4v) is 3.96. The SMILES string of the molecule is COC(=O)C1=CC(c2ccccc2)C(O[Si](C)(C)C(C)(C)C)C=CC1. The van der Waals surface area contributed by atoms with Crippen molar-refractivity contribution in [2.24, 2.45) is 0 Å². The summed E-state index contributed by atoms with van der Waals surface area (Å²) < 4.78 is 11.7. The topological polar surface area (TPSA) is 35.5 Å². The quantitative estimate of drug-likeness (QED) is 0.420. The number of esters is 1. The van der Waals surface area contributed by atoms with Gasteiger partial charge in [0.05, 0.1) is 13.2 Å². The van der Waals surface area contributed by atoms with Crippen LogP contribution in [0.4, 0.5) is 0 Å². The lowest BCUT2D eigenvalue weighted by molar-refractivity contribution is -0.136. The molecule has 2 rings (SSSR count). The summed E-state index contributed by atoms with van der Waals surface area (Å²) in [6.07, 6.45) is 6.67. The van der Waals surface area contributed by atoms with Gasteiger partial charge in [0.2, 0.25) is 0 Å². The first-order valence-corrected chi connectivity index (χ1v) is 11.7. The fourth-order valence-electron chi connectivity index (χ4n) is 2.70. The molecule has 1 aliphatic rings. The number of methoxy groups -OCH3 is 1. The van der Waals surface area contributed by atoms with Gasteiger partial charge in [-0.2, -0.15) is 0 Å². The summed E-state index contributed by atoms with van der Waals surface area (Å²) in [6, 6.07) is 10.2. The van der Waals surface area contributed by atoms with Gasteiger partial charge < -0.3 is 9.16 Å². The Balaban J connectivity index is 2.43. The third-order valence-corrected chi connectivity index (χ3v) is 9.74. The number of allylic oxidation sites excluding steroid dienone is 1. The Kier molecular flexibility index (Phi) is 6.06. The zero-order valence-electron chi connectivity index (χ0n) is 16.2. The number of carbonyl (C=O) groups is 1. The van der Waals surface area contributed by atoms with Gasteiger partial charge in [0.1, 0.15) is 0 Å². The summed E-state index contributed by atoms with van der Waals surface area (Å²) in [6.45, 7) is 11.3. The van der Waals surface area contributed by atoms with E-state index in [1.165, 1.54) is 7.11 Å². The third kappa shape index (κ3) is 4.70. The minimum atomic E-state index is -1.94. The number of rotatable bonds is 4. The molecule has 4 heteroatoms. The van der Waals surface area contributed by atoms with Crippen LogP contribution < -0.4 is 0 Å². The Morgan fingerprint density at radius 1 is 1.16 bits per heavy atom. The first-order valence-electron chi connectivity index (χ1n) is 8.84. The van der Waals surface area contributed by atoms with Gasteiger partial charge in [0.15, 0.2) is 8.32 Å². The van der Waals surface area contributed by atoms with Crippen molar-refractivity contribution >= 4 is 14.3 Å². The zero-order chi connectivity index (χ0) is 18.7. The molecule has 1 aliphatic carbocycles. The fraction of sp³-hybridized carbons (Fsp3) is 0.476. The predicted molar refractivity (Wildman–Crippen MR) is 105 cm³/mol. The van der Waals surface area contributed by atoms with Crippen molar-refractivity contribution in [1.29, 1.82) is 0 Å². The number of benzene rings is 1. The van der Waals surface area contributed by atoms with Gasteiger partial charge in [0.25, 0.3) is 0 Å². The van der Waals surface area contributed by atoms with Gasteiger partial charge in [-0.15, -0.1) is 0 Å². The summed E-state index contributed by atoms with van der Waals surface area (Å²) in [4.78, 5) is 12.1. The van der Waals surface area contributed by atoms with Crippen LogP contribution in [0.1, 0.15) is 38.7 Å². The van der Waals surface area contributed by atoms with Gasteiger partial charge in [-0.25, -0.2) is 4.79 Å². The van der Waals surface area contributed by atoms with Crippen LogP contribution in [0.5, 0.6) is 0 Å². The lowest BCUT2D eigenvalue weighted by Crippen LogP contribution is -2.44. The highest BCUT2D eigenvalue weighted by atomic mass is 28.4. The number of hydrogen-bond acceptors (Lipinski definition) is 3. The minimum Gasteiger partial charge on any atom is -0.466 e. The Morgan fingerprint density at radius 3 is 2.36 bits per heavy atom. The molecule has 2 atom stereocenters. The van der Waals surface area contributed by atoms with Crippen LogP contribution in [-0.2, 0) is 14.0 Å². The molecule has 0 fully saturated rings. The maximum atomic E-state index is 12.1. The van der Waals surface area contributed by atoms with Crippen molar-refractivity contribution in [3.8, 4) is 0 Å². The van der Waals surface area contributed by atoms with E-state index in [4.69, 9.17) is 9.16 Å². The summed E-state index contributed by atoms with van der Waals surface area (Å²) in [7, 11) is -0.514. The molecule has 0 saturated heterocycles. The standard InChI is InChI=1S/C21H30O3Si/c1-21(2,3)25(5,6)24-19-14-10-13-17(20(22)23-4)15-18(19)16-11-8-7-9-12-16/h7-12,14-15,18-19H,13H2,1-6H3. The Morgan fingerprint density at radius 2 is 1.80 bits per heavy atom. The molecule has 136 valence electrons. The van der Waals surface area contributed by atoms with Crippen molar-refractivity contribution in [3.63, 3.8) is 0 Å². The molecule has 1 aromatic carbocycles. The highest BCUT2D eigenvalue weighted by Gasteiger charge is 2.40. The van der Waals surface area contributed by atoms with Crippen molar-refractivity contribution in [2.45, 2.75) is 57.3 Å². The van der Waals surface area contributed by atoms with Crippen LogP contribution in [0, 0.1) is 0 Å². The predicted octanol–water partition coefficient (Wildman–Crippen LogP) is 5.22. The minimum absolute atomic E-state index is 0.00294. The molecule has 0 radical (unpaired) electrons. The largest absolute Gasteiger partial charge is 0.466 e. The number of hydrogen-bond donors (Lipinski definition) is 0.